The summed E-state index contributed by atoms with van der Waals surface area (Å²) in [6, 6.07) is 0. The lowest BCUT2D eigenvalue weighted by atomic mass is 10.0. The molecule has 100 valence electrons. The minimum Gasteiger partial charge on any atom is -0.337 e. The molecule has 0 spiro atoms. The van der Waals surface area contributed by atoms with E-state index in [1.54, 1.807) is 0 Å². The van der Waals surface area contributed by atoms with E-state index in [-0.39, 0.29) is 19.0 Å². The molecular weight excluding hydrogens is 245 g/mol. The van der Waals surface area contributed by atoms with Crippen LogP contribution < -0.4 is 0 Å². The molecule has 0 saturated carbocycles. The van der Waals surface area contributed by atoms with E-state index in [9.17, 15) is 26.7 Å². The van der Waals surface area contributed by atoms with Crippen molar-refractivity contribution < 1.29 is 26.7 Å². The molecule has 1 amide bonds. The summed E-state index contributed by atoms with van der Waals surface area (Å²) in [7, 11) is 0. The first-order valence-electron chi connectivity index (χ1n) is 5.44. The zero-order valence-electron chi connectivity index (χ0n) is 9.36. The number of halogens is 5. The standard InChI is InChI=1S/C10H14F5NO/c1-2-3-7-4-5-16(6-7)8(17)9(11,12)10(13,14)15/h7H,2-6H2,1H3. The second-order valence-electron chi connectivity index (χ2n) is 4.27. The highest BCUT2D eigenvalue weighted by molar-refractivity contribution is 5.84. The van der Waals surface area contributed by atoms with Gasteiger partial charge in [-0.25, -0.2) is 0 Å². The maximum Gasteiger partial charge on any atom is 0.463 e. The zero-order chi connectivity index (χ0) is 13.3. The lowest BCUT2D eigenvalue weighted by Gasteiger charge is -2.24. The van der Waals surface area contributed by atoms with Crippen LogP contribution in [0.4, 0.5) is 22.0 Å². The predicted molar refractivity (Wildman–Crippen MR) is 50.6 cm³/mol. The summed E-state index contributed by atoms with van der Waals surface area (Å²) in [6.07, 6.45) is -3.76. The third-order valence-corrected chi connectivity index (χ3v) is 2.89. The van der Waals surface area contributed by atoms with Crippen molar-refractivity contribution in [3.8, 4) is 0 Å². The van der Waals surface area contributed by atoms with E-state index in [4.69, 9.17) is 0 Å². The van der Waals surface area contributed by atoms with Crippen molar-refractivity contribution in [3.63, 3.8) is 0 Å². The van der Waals surface area contributed by atoms with E-state index in [0.717, 1.165) is 12.8 Å². The Bertz CT molecular complexity index is 289. The summed E-state index contributed by atoms with van der Waals surface area (Å²) < 4.78 is 61.5. The Balaban J connectivity index is 2.67. The molecule has 17 heavy (non-hydrogen) atoms. The Labute approximate surface area is 95.8 Å². The van der Waals surface area contributed by atoms with Crippen molar-refractivity contribution in [1.29, 1.82) is 0 Å². The molecule has 1 fully saturated rings. The van der Waals surface area contributed by atoms with Crippen molar-refractivity contribution in [3.05, 3.63) is 0 Å². The fourth-order valence-electron chi connectivity index (χ4n) is 1.98. The van der Waals surface area contributed by atoms with Gasteiger partial charge in [-0.1, -0.05) is 13.3 Å². The molecule has 1 rings (SSSR count). The van der Waals surface area contributed by atoms with E-state index in [2.05, 4.69) is 0 Å². The van der Waals surface area contributed by atoms with Gasteiger partial charge in [0, 0.05) is 13.1 Å². The van der Waals surface area contributed by atoms with Gasteiger partial charge in [0.05, 0.1) is 0 Å². The fraction of sp³-hybridized carbons (Fsp3) is 0.900. The zero-order valence-corrected chi connectivity index (χ0v) is 9.36. The predicted octanol–water partition coefficient (Wildman–Crippen LogP) is 2.83. The Hall–Kier alpha value is -0.880. The molecule has 0 aromatic heterocycles. The van der Waals surface area contributed by atoms with Gasteiger partial charge in [0.25, 0.3) is 0 Å². The first-order valence-corrected chi connectivity index (χ1v) is 5.44. The highest BCUT2D eigenvalue weighted by atomic mass is 19.4. The van der Waals surface area contributed by atoms with Crippen LogP contribution in [0.5, 0.6) is 0 Å². The highest BCUT2D eigenvalue weighted by Crippen LogP contribution is 2.38. The van der Waals surface area contributed by atoms with Crippen LogP contribution in [-0.2, 0) is 4.79 Å². The number of rotatable bonds is 3. The fourth-order valence-corrected chi connectivity index (χ4v) is 1.98. The molecule has 1 unspecified atom stereocenters. The third-order valence-electron chi connectivity index (χ3n) is 2.89. The number of amides is 1. The van der Waals surface area contributed by atoms with Crippen LogP contribution >= 0.6 is 0 Å². The van der Waals surface area contributed by atoms with E-state index in [0.29, 0.717) is 11.3 Å². The topological polar surface area (TPSA) is 20.3 Å². The van der Waals surface area contributed by atoms with Gasteiger partial charge in [-0.2, -0.15) is 22.0 Å². The molecule has 0 N–H and O–H groups in total. The van der Waals surface area contributed by atoms with Crippen LogP contribution in [0.3, 0.4) is 0 Å². The second kappa shape index (κ2) is 4.78. The third kappa shape index (κ3) is 2.87. The molecule has 0 aromatic rings. The molecule has 1 aliphatic heterocycles. The average molecular weight is 259 g/mol. The number of carbonyl (C=O) groups is 1. The lowest BCUT2D eigenvalue weighted by molar-refractivity contribution is -0.274. The summed E-state index contributed by atoms with van der Waals surface area (Å²) in [5.74, 6) is -7.36. The van der Waals surface area contributed by atoms with Crippen molar-refractivity contribution in [1.82, 2.24) is 4.90 Å². The summed E-state index contributed by atoms with van der Waals surface area (Å²) in [4.78, 5) is 11.7. The monoisotopic (exact) mass is 259 g/mol. The first-order chi connectivity index (χ1) is 7.70. The van der Waals surface area contributed by atoms with E-state index in [1.165, 1.54) is 0 Å². The molecule has 1 atom stereocenters. The van der Waals surface area contributed by atoms with E-state index in [1.807, 2.05) is 6.92 Å². The van der Waals surface area contributed by atoms with Gasteiger partial charge in [0.15, 0.2) is 0 Å². The molecule has 1 heterocycles. The van der Waals surface area contributed by atoms with E-state index >= 15 is 0 Å². The minimum atomic E-state index is -5.81. The Morgan fingerprint density at radius 1 is 1.29 bits per heavy atom. The van der Waals surface area contributed by atoms with Gasteiger partial charge in [-0.05, 0) is 18.8 Å². The molecule has 0 aromatic carbocycles. The van der Waals surface area contributed by atoms with Gasteiger partial charge in [0.1, 0.15) is 0 Å². The van der Waals surface area contributed by atoms with Crippen LogP contribution in [0, 0.1) is 5.92 Å². The van der Waals surface area contributed by atoms with Crippen LogP contribution in [-0.4, -0.2) is 36.0 Å². The Kier molecular flexibility index (Phi) is 3.99. The first kappa shape index (κ1) is 14.2. The van der Waals surface area contributed by atoms with Gasteiger partial charge in [-0.3, -0.25) is 4.79 Å². The molecule has 2 nitrogen and oxygen atoms in total. The quantitative estimate of drug-likeness (QED) is 0.714. The molecule has 0 bridgehead atoms. The summed E-state index contributed by atoms with van der Waals surface area (Å²) in [5, 5.41) is 0. The van der Waals surface area contributed by atoms with Crippen molar-refractivity contribution in [2.45, 2.75) is 38.3 Å². The largest absolute Gasteiger partial charge is 0.463 e. The highest BCUT2D eigenvalue weighted by Gasteiger charge is 2.64. The van der Waals surface area contributed by atoms with Crippen LogP contribution in [0.25, 0.3) is 0 Å². The molecular formula is C10H14F5NO. The summed E-state index contributed by atoms with van der Waals surface area (Å²) >= 11 is 0. The molecule has 0 aliphatic carbocycles. The van der Waals surface area contributed by atoms with Crippen LogP contribution in [0.1, 0.15) is 26.2 Å². The van der Waals surface area contributed by atoms with Gasteiger partial charge >= 0.3 is 18.0 Å². The van der Waals surface area contributed by atoms with E-state index < -0.39 is 18.0 Å². The summed E-state index contributed by atoms with van der Waals surface area (Å²) in [6.45, 7) is 1.88. The van der Waals surface area contributed by atoms with Crippen LogP contribution in [0.2, 0.25) is 0 Å². The number of likely N-dealkylation sites (tertiary alicyclic amines) is 1. The molecule has 0 radical (unpaired) electrons. The maximum absolute atomic E-state index is 12.8. The number of nitrogens with zero attached hydrogens (tertiary/aromatic N) is 1. The molecule has 7 heteroatoms. The van der Waals surface area contributed by atoms with Crippen molar-refractivity contribution in [2.24, 2.45) is 5.92 Å². The maximum atomic E-state index is 12.8. The number of hydrogen-bond acceptors (Lipinski definition) is 1. The van der Waals surface area contributed by atoms with Crippen molar-refractivity contribution >= 4 is 5.91 Å². The second-order valence-corrected chi connectivity index (χ2v) is 4.27. The number of hydrogen-bond donors (Lipinski definition) is 0. The minimum absolute atomic E-state index is 0.00164. The molecule has 1 saturated heterocycles. The smallest absolute Gasteiger partial charge is 0.337 e. The lowest BCUT2D eigenvalue weighted by Crippen LogP contribution is -2.51. The molecule has 1 aliphatic rings. The number of carbonyl (C=O) groups excluding carboxylic acids is 1. The SMILES string of the molecule is CCCC1CCN(C(=O)C(F)(F)C(F)(F)F)C1. The van der Waals surface area contributed by atoms with Gasteiger partial charge < -0.3 is 4.90 Å². The summed E-state index contributed by atoms with van der Waals surface area (Å²) in [5.41, 5.74) is 0. The van der Waals surface area contributed by atoms with Gasteiger partial charge in [-0.15, -0.1) is 0 Å². The van der Waals surface area contributed by atoms with Crippen molar-refractivity contribution in [2.75, 3.05) is 13.1 Å². The average Bonchev–Trinajstić information content (AvgIpc) is 2.64. The number of alkyl halides is 5. The normalized spacial score (nSPS) is 22.0. The van der Waals surface area contributed by atoms with Crippen LogP contribution in [0.15, 0.2) is 0 Å². The Morgan fingerprint density at radius 3 is 2.35 bits per heavy atom. The Morgan fingerprint density at radius 2 is 1.88 bits per heavy atom. The van der Waals surface area contributed by atoms with Gasteiger partial charge in [0.2, 0.25) is 0 Å².